The molecule has 154 valence electrons. The van der Waals surface area contributed by atoms with Crippen molar-refractivity contribution in [3.63, 3.8) is 0 Å². The van der Waals surface area contributed by atoms with Gasteiger partial charge in [0.2, 0.25) is 5.91 Å². The van der Waals surface area contributed by atoms with Crippen molar-refractivity contribution in [2.75, 3.05) is 10.0 Å². The molecule has 0 bridgehead atoms. The summed E-state index contributed by atoms with van der Waals surface area (Å²) in [6.07, 6.45) is 4.29. The van der Waals surface area contributed by atoms with Crippen LogP contribution in [0, 0.1) is 5.82 Å². The predicted octanol–water partition coefficient (Wildman–Crippen LogP) is 3.61. The molecule has 3 N–H and O–H groups in total. The third-order valence-corrected chi connectivity index (χ3v) is 5.99. The van der Waals surface area contributed by atoms with E-state index in [1.54, 1.807) is 5.38 Å². The number of nitrogens with one attached hydrogen (secondary N) is 3. The monoisotopic (exact) mass is 462 g/mol. The molecule has 0 fully saturated rings. The predicted molar refractivity (Wildman–Crippen MR) is 119 cm³/mol. The second-order valence-corrected chi connectivity index (χ2v) is 8.78. The van der Waals surface area contributed by atoms with Gasteiger partial charge in [-0.1, -0.05) is 12.1 Å². The van der Waals surface area contributed by atoms with E-state index in [4.69, 9.17) is 12.2 Å². The van der Waals surface area contributed by atoms with Crippen LogP contribution in [0.2, 0.25) is 0 Å². The van der Waals surface area contributed by atoms with E-state index in [-0.39, 0.29) is 21.0 Å². The van der Waals surface area contributed by atoms with Crippen molar-refractivity contribution in [1.82, 2.24) is 10.3 Å². The lowest BCUT2D eigenvalue weighted by molar-refractivity contribution is -0.115. The Labute approximate surface area is 181 Å². The Morgan fingerprint density at radius 2 is 1.80 bits per heavy atom. The number of hydrogen-bond acceptors (Lipinski definition) is 6. The molecule has 30 heavy (non-hydrogen) atoms. The molecule has 0 unspecified atom stereocenters. The molecule has 3 rings (SSSR count). The van der Waals surface area contributed by atoms with Crippen LogP contribution in [-0.4, -0.2) is 24.4 Å². The average Bonchev–Trinajstić information content (AvgIpc) is 3.20. The van der Waals surface area contributed by atoms with Gasteiger partial charge in [-0.05, 0) is 60.3 Å². The maximum absolute atomic E-state index is 12.9. The van der Waals surface area contributed by atoms with Crippen LogP contribution >= 0.6 is 23.6 Å². The number of nitrogens with zero attached hydrogens (tertiary/aromatic N) is 1. The molecular formula is C19H15FN4O3S3. The third kappa shape index (κ3) is 6.17. The average molecular weight is 463 g/mol. The van der Waals surface area contributed by atoms with Crippen LogP contribution in [0.15, 0.2) is 71.1 Å². The lowest BCUT2D eigenvalue weighted by atomic mass is 10.2. The molecule has 2 aromatic carbocycles. The van der Waals surface area contributed by atoms with Gasteiger partial charge in [-0.25, -0.2) is 17.8 Å². The smallest absolute Gasteiger partial charge is 0.263 e. The molecule has 0 radical (unpaired) electrons. The Morgan fingerprint density at radius 1 is 1.10 bits per heavy atom. The number of benzene rings is 2. The van der Waals surface area contributed by atoms with E-state index < -0.39 is 15.9 Å². The quantitative estimate of drug-likeness (QED) is 0.382. The largest absolute Gasteiger partial charge is 0.332 e. The Hall–Kier alpha value is -3.15. The highest BCUT2D eigenvalue weighted by atomic mass is 32.2. The van der Waals surface area contributed by atoms with Crippen LogP contribution in [0.5, 0.6) is 0 Å². The zero-order chi connectivity index (χ0) is 21.6. The van der Waals surface area contributed by atoms with Crippen LogP contribution < -0.4 is 15.4 Å². The van der Waals surface area contributed by atoms with Crippen molar-refractivity contribution < 1.29 is 17.6 Å². The summed E-state index contributed by atoms with van der Waals surface area (Å²) in [6.45, 7) is 0. The molecule has 0 aliphatic heterocycles. The van der Waals surface area contributed by atoms with Gasteiger partial charge in [0.15, 0.2) is 10.2 Å². The van der Waals surface area contributed by atoms with E-state index >= 15 is 0 Å². The zero-order valence-electron chi connectivity index (χ0n) is 15.2. The highest BCUT2D eigenvalue weighted by Crippen LogP contribution is 2.19. The number of hydrogen-bond donors (Lipinski definition) is 3. The van der Waals surface area contributed by atoms with Crippen LogP contribution in [0.25, 0.3) is 6.08 Å². The van der Waals surface area contributed by atoms with Gasteiger partial charge in [-0.3, -0.25) is 14.8 Å². The Kier molecular flexibility index (Phi) is 6.87. The maximum atomic E-state index is 12.9. The molecular weight excluding hydrogens is 447 g/mol. The second-order valence-electron chi connectivity index (χ2n) is 5.80. The number of thiocarbonyl (C=S) groups is 1. The Balaban J connectivity index is 1.55. The number of carbonyl (C=O) groups excluding carboxylic acids is 1. The van der Waals surface area contributed by atoms with Gasteiger partial charge in [-0.15, -0.1) is 11.3 Å². The molecule has 0 atom stereocenters. The number of halogens is 1. The third-order valence-electron chi connectivity index (χ3n) is 3.61. The highest BCUT2D eigenvalue weighted by molar-refractivity contribution is 7.93. The summed E-state index contributed by atoms with van der Waals surface area (Å²) in [5.74, 6) is -0.830. The summed E-state index contributed by atoms with van der Waals surface area (Å²) in [5, 5.41) is 7.24. The van der Waals surface area contributed by atoms with Gasteiger partial charge >= 0.3 is 0 Å². The molecule has 11 heteroatoms. The minimum Gasteiger partial charge on any atom is -0.332 e. The van der Waals surface area contributed by atoms with Crippen molar-refractivity contribution >= 4 is 61.5 Å². The molecule has 1 heterocycles. The van der Waals surface area contributed by atoms with Crippen molar-refractivity contribution in [2.45, 2.75) is 4.90 Å². The summed E-state index contributed by atoms with van der Waals surface area (Å²) in [7, 11) is -3.75. The van der Waals surface area contributed by atoms with E-state index in [1.807, 2.05) is 0 Å². The van der Waals surface area contributed by atoms with E-state index in [1.165, 1.54) is 78.2 Å². The zero-order valence-corrected chi connectivity index (χ0v) is 17.7. The molecule has 3 aromatic rings. The molecule has 0 spiro atoms. The van der Waals surface area contributed by atoms with Crippen molar-refractivity contribution in [3.8, 4) is 0 Å². The summed E-state index contributed by atoms with van der Waals surface area (Å²) < 4.78 is 39.9. The number of carbonyl (C=O) groups is 1. The SMILES string of the molecule is O=C(/C=C/c1ccc(F)cc1)NC(=S)Nc1ccc(S(=O)(=O)Nc2nccs2)cc1. The first kappa shape index (κ1) is 21.6. The first-order valence-electron chi connectivity index (χ1n) is 8.40. The topological polar surface area (TPSA) is 100 Å². The number of anilines is 2. The summed E-state index contributed by atoms with van der Waals surface area (Å²) >= 11 is 6.25. The van der Waals surface area contributed by atoms with Crippen LogP contribution in [0.4, 0.5) is 15.2 Å². The van der Waals surface area contributed by atoms with Gasteiger partial charge < -0.3 is 5.32 Å². The minimum absolute atomic E-state index is 0.0419. The van der Waals surface area contributed by atoms with Gasteiger partial charge in [0.05, 0.1) is 4.90 Å². The van der Waals surface area contributed by atoms with Crippen molar-refractivity contribution in [2.24, 2.45) is 0 Å². The molecule has 0 aliphatic rings. The van der Waals surface area contributed by atoms with E-state index in [0.717, 1.165) is 0 Å². The summed E-state index contributed by atoms with van der Waals surface area (Å²) in [5.41, 5.74) is 1.16. The first-order valence-corrected chi connectivity index (χ1v) is 11.2. The lowest BCUT2D eigenvalue weighted by Crippen LogP contribution is -2.32. The lowest BCUT2D eigenvalue weighted by Gasteiger charge is -2.09. The first-order chi connectivity index (χ1) is 14.3. The Bertz CT molecular complexity index is 1160. The fraction of sp³-hybridized carbons (Fsp3) is 0. The fourth-order valence-corrected chi connectivity index (χ4v) is 4.23. The number of thiazole rings is 1. The van der Waals surface area contributed by atoms with E-state index in [2.05, 4.69) is 20.3 Å². The van der Waals surface area contributed by atoms with Crippen LogP contribution in [-0.2, 0) is 14.8 Å². The normalized spacial score (nSPS) is 11.2. The van der Waals surface area contributed by atoms with Crippen molar-refractivity contribution in [3.05, 3.63) is 77.6 Å². The van der Waals surface area contributed by atoms with Crippen LogP contribution in [0.1, 0.15) is 5.56 Å². The van der Waals surface area contributed by atoms with E-state index in [9.17, 15) is 17.6 Å². The Morgan fingerprint density at radius 3 is 2.43 bits per heavy atom. The van der Waals surface area contributed by atoms with Crippen LogP contribution in [0.3, 0.4) is 0 Å². The molecule has 0 saturated heterocycles. The minimum atomic E-state index is -3.75. The molecule has 1 amide bonds. The van der Waals surface area contributed by atoms with Gasteiger partial charge in [0, 0.05) is 23.3 Å². The molecule has 0 aliphatic carbocycles. The number of rotatable bonds is 6. The molecule has 7 nitrogen and oxygen atoms in total. The molecule has 0 saturated carbocycles. The standard InChI is InChI=1S/C19H15FN4O3S3/c20-14-4-1-13(2-5-14)3-10-17(25)23-18(28)22-15-6-8-16(9-7-15)30(26,27)24-19-21-11-12-29-19/h1-12H,(H,21,24)(H2,22,23,25,28)/b10-3+. The fourth-order valence-electron chi connectivity index (χ4n) is 2.23. The van der Waals surface area contributed by atoms with Gasteiger partial charge in [0.25, 0.3) is 10.0 Å². The van der Waals surface area contributed by atoms with E-state index in [0.29, 0.717) is 11.3 Å². The maximum Gasteiger partial charge on any atom is 0.263 e. The number of amides is 1. The van der Waals surface area contributed by atoms with Crippen molar-refractivity contribution in [1.29, 1.82) is 0 Å². The number of aromatic nitrogens is 1. The van der Waals surface area contributed by atoms with Gasteiger partial charge in [0.1, 0.15) is 5.82 Å². The summed E-state index contributed by atoms with van der Waals surface area (Å²) in [4.78, 5) is 15.9. The van der Waals surface area contributed by atoms with Gasteiger partial charge in [-0.2, -0.15) is 0 Å². The summed E-state index contributed by atoms with van der Waals surface area (Å²) in [6, 6.07) is 11.5. The second kappa shape index (κ2) is 9.57. The highest BCUT2D eigenvalue weighted by Gasteiger charge is 2.15. The molecule has 1 aromatic heterocycles. The number of sulfonamides is 1.